The molecule has 5 nitrogen and oxygen atoms in total. The van der Waals surface area contributed by atoms with Crippen molar-refractivity contribution < 1.29 is 14.7 Å². The molecule has 1 rings (SSSR count). The van der Waals surface area contributed by atoms with Crippen LogP contribution in [0, 0.1) is 5.92 Å². The van der Waals surface area contributed by atoms with Gasteiger partial charge in [-0.05, 0) is 25.0 Å². The van der Waals surface area contributed by atoms with E-state index < -0.39 is 5.97 Å². The van der Waals surface area contributed by atoms with Crippen molar-refractivity contribution >= 4 is 23.8 Å². The van der Waals surface area contributed by atoms with Crippen LogP contribution in [0.2, 0.25) is 0 Å². The Balaban J connectivity index is 2.43. The van der Waals surface area contributed by atoms with E-state index in [9.17, 15) is 9.59 Å². The SMILES string of the molecule is CSC1(CNC(=O)NC(CC(=O)O)C(C)C)CCCC1. The van der Waals surface area contributed by atoms with E-state index in [1.807, 2.05) is 25.6 Å². The Hall–Kier alpha value is -0.910. The van der Waals surface area contributed by atoms with E-state index in [0.717, 1.165) is 12.8 Å². The number of hydrogen-bond donors (Lipinski definition) is 3. The molecule has 0 aromatic carbocycles. The molecule has 1 aliphatic carbocycles. The topological polar surface area (TPSA) is 78.4 Å². The van der Waals surface area contributed by atoms with Crippen molar-refractivity contribution in [3.63, 3.8) is 0 Å². The lowest BCUT2D eigenvalue weighted by Gasteiger charge is -2.28. The molecule has 0 aliphatic heterocycles. The van der Waals surface area contributed by atoms with Gasteiger partial charge in [0.2, 0.25) is 0 Å². The van der Waals surface area contributed by atoms with Crippen LogP contribution in [0.4, 0.5) is 4.79 Å². The number of carboxylic acid groups (broad SMARTS) is 1. The number of carboxylic acids is 1. The van der Waals surface area contributed by atoms with Crippen molar-refractivity contribution in [2.75, 3.05) is 12.8 Å². The number of urea groups is 1. The largest absolute Gasteiger partial charge is 0.481 e. The van der Waals surface area contributed by atoms with Crippen molar-refractivity contribution in [1.82, 2.24) is 10.6 Å². The Morgan fingerprint density at radius 3 is 2.35 bits per heavy atom. The molecule has 2 amide bonds. The van der Waals surface area contributed by atoms with Crippen LogP contribution in [0.25, 0.3) is 0 Å². The molecule has 0 aromatic rings. The molecule has 1 atom stereocenters. The molecule has 0 radical (unpaired) electrons. The zero-order valence-electron chi connectivity index (χ0n) is 12.6. The summed E-state index contributed by atoms with van der Waals surface area (Å²) in [6.07, 6.45) is 6.76. The summed E-state index contributed by atoms with van der Waals surface area (Å²) >= 11 is 1.82. The fourth-order valence-electron chi connectivity index (χ4n) is 2.57. The van der Waals surface area contributed by atoms with Crippen LogP contribution < -0.4 is 10.6 Å². The Morgan fingerprint density at radius 1 is 1.30 bits per heavy atom. The maximum atomic E-state index is 11.9. The predicted molar refractivity (Wildman–Crippen MR) is 82.1 cm³/mol. The first-order valence-electron chi connectivity index (χ1n) is 7.20. The summed E-state index contributed by atoms with van der Waals surface area (Å²) in [5.74, 6) is -0.793. The highest BCUT2D eigenvalue weighted by molar-refractivity contribution is 8.00. The van der Waals surface area contributed by atoms with E-state index in [-0.39, 0.29) is 29.2 Å². The van der Waals surface area contributed by atoms with Gasteiger partial charge in [-0.2, -0.15) is 11.8 Å². The van der Waals surface area contributed by atoms with Crippen molar-refractivity contribution in [3.05, 3.63) is 0 Å². The third-order valence-electron chi connectivity index (χ3n) is 4.03. The van der Waals surface area contributed by atoms with E-state index >= 15 is 0 Å². The Bertz CT molecular complexity index is 341. The molecular weight excluding hydrogens is 276 g/mol. The molecule has 6 heteroatoms. The van der Waals surface area contributed by atoms with Gasteiger partial charge in [0.15, 0.2) is 0 Å². The van der Waals surface area contributed by atoms with Gasteiger partial charge in [-0.1, -0.05) is 26.7 Å². The molecule has 1 saturated carbocycles. The number of amides is 2. The predicted octanol–water partition coefficient (Wildman–Crippen LogP) is 2.46. The number of aliphatic carboxylic acids is 1. The lowest BCUT2D eigenvalue weighted by atomic mass is 10.0. The molecule has 0 bridgehead atoms. The van der Waals surface area contributed by atoms with E-state index in [4.69, 9.17) is 5.11 Å². The van der Waals surface area contributed by atoms with Gasteiger partial charge in [-0.3, -0.25) is 4.79 Å². The van der Waals surface area contributed by atoms with E-state index in [2.05, 4.69) is 16.9 Å². The number of thioether (sulfide) groups is 1. The standard InChI is InChI=1S/C14H26N2O3S/c1-10(2)11(8-12(17)18)16-13(19)15-9-14(20-3)6-4-5-7-14/h10-11H,4-9H2,1-3H3,(H,17,18)(H2,15,16,19). The van der Waals surface area contributed by atoms with Gasteiger partial charge < -0.3 is 15.7 Å². The summed E-state index contributed by atoms with van der Waals surface area (Å²) in [7, 11) is 0. The molecule has 0 spiro atoms. The molecule has 0 saturated heterocycles. The Labute approximate surface area is 125 Å². The van der Waals surface area contributed by atoms with Gasteiger partial charge >= 0.3 is 12.0 Å². The van der Waals surface area contributed by atoms with E-state index in [1.54, 1.807) is 0 Å². The highest BCUT2D eigenvalue weighted by Gasteiger charge is 2.33. The van der Waals surface area contributed by atoms with Crippen LogP contribution in [0.1, 0.15) is 46.0 Å². The van der Waals surface area contributed by atoms with Crippen molar-refractivity contribution in [2.45, 2.75) is 56.7 Å². The van der Waals surface area contributed by atoms with E-state index in [1.165, 1.54) is 12.8 Å². The minimum atomic E-state index is -0.889. The Kier molecular flexibility index (Phi) is 6.65. The first-order valence-corrected chi connectivity index (χ1v) is 8.42. The molecule has 0 aromatic heterocycles. The second-order valence-corrected chi connectivity index (χ2v) is 7.14. The van der Waals surface area contributed by atoms with Crippen molar-refractivity contribution in [2.24, 2.45) is 5.92 Å². The number of rotatable bonds is 7. The average Bonchev–Trinajstić information content (AvgIpc) is 2.84. The lowest BCUT2D eigenvalue weighted by molar-refractivity contribution is -0.137. The summed E-state index contributed by atoms with van der Waals surface area (Å²) < 4.78 is 0.164. The second kappa shape index (κ2) is 7.76. The first-order chi connectivity index (χ1) is 9.38. The summed E-state index contributed by atoms with van der Waals surface area (Å²) in [4.78, 5) is 22.7. The van der Waals surface area contributed by atoms with Gasteiger partial charge in [-0.15, -0.1) is 0 Å². The normalized spacial score (nSPS) is 18.8. The molecular formula is C14H26N2O3S. The third kappa shape index (κ3) is 5.23. The van der Waals surface area contributed by atoms with Crippen molar-refractivity contribution in [3.8, 4) is 0 Å². The maximum absolute atomic E-state index is 11.9. The summed E-state index contributed by atoms with van der Waals surface area (Å²) in [6.45, 7) is 4.47. The molecule has 20 heavy (non-hydrogen) atoms. The minimum absolute atomic E-state index is 0.0429. The summed E-state index contributed by atoms with van der Waals surface area (Å²) in [6, 6.07) is -0.591. The number of carbonyl (C=O) groups excluding carboxylic acids is 1. The first kappa shape index (κ1) is 17.1. The third-order valence-corrected chi connectivity index (χ3v) is 5.45. The highest BCUT2D eigenvalue weighted by Crippen LogP contribution is 2.39. The molecule has 3 N–H and O–H groups in total. The monoisotopic (exact) mass is 302 g/mol. The molecule has 1 aliphatic rings. The number of carbonyl (C=O) groups is 2. The quantitative estimate of drug-likeness (QED) is 0.675. The van der Waals surface area contributed by atoms with Crippen LogP contribution >= 0.6 is 11.8 Å². The zero-order valence-corrected chi connectivity index (χ0v) is 13.4. The Morgan fingerprint density at radius 2 is 1.90 bits per heavy atom. The van der Waals surface area contributed by atoms with Crippen LogP contribution in [-0.4, -0.2) is 40.7 Å². The number of nitrogens with one attached hydrogen (secondary N) is 2. The van der Waals surface area contributed by atoms with Gasteiger partial charge in [-0.25, -0.2) is 4.79 Å². The second-order valence-electron chi connectivity index (χ2n) is 5.87. The lowest BCUT2D eigenvalue weighted by Crippen LogP contribution is -2.48. The van der Waals surface area contributed by atoms with Gasteiger partial charge in [0.25, 0.3) is 0 Å². The molecule has 116 valence electrons. The zero-order chi connectivity index (χ0) is 15.2. The van der Waals surface area contributed by atoms with Crippen LogP contribution in [0.3, 0.4) is 0 Å². The van der Waals surface area contributed by atoms with Crippen LogP contribution in [-0.2, 0) is 4.79 Å². The van der Waals surface area contributed by atoms with Crippen LogP contribution in [0.5, 0.6) is 0 Å². The highest BCUT2D eigenvalue weighted by atomic mass is 32.2. The maximum Gasteiger partial charge on any atom is 0.315 e. The molecule has 0 heterocycles. The summed E-state index contributed by atoms with van der Waals surface area (Å²) in [5, 5.41) is 14.5. The van der Waals surface area contributed by atoms with E-state index in [0.29, 0.717) is 6.54 Å². The van der Waals surface area contributed by atoms with Crippen LogP contribution in [0.15, 0.2) is 0 Å². The fraction of sp³-hybridized carbons (Fsp3) is 0.857. The fourth-order valence-corrected chi connectivity index (χ4v) is 3.49. The van der Waals surface area contributed by atoms with Gasteiger partial charge in [0.1, 0.15) is 0 Å². The minimum Gasteiger partial charge on any atom is -0.481 e. The average molecular weight is 302 g/mol. The summed E-state index contributed by atoms with van der Waals surface area (Å²) in [5.41, 5.74) is 0. The van der Waals surface area contributed by atoms with Crippen molar-refractivity contribution in [1.29, 1.82) is 0 Å². The number of hydrogen-bond acceptors (Lipinski definition) is 3. The van der Waals surface area contributed by atoms with Gasteiger partial charge in [0, 0.05) is 17.3 Å². The smallest absolute Gasteiger partial charge is 0.315 e. The molecule has 1 fully saturated rings. The van der Waals surface area contributed by atoms with Gasteiger partial charge in [0.05, 0.1) is 6.42 Å². The molecule has 1 unspecified atom stereocenters.